The Morgan fingerprint density at radius 2 is 2.25 bits per heavy atom. The zero-order valence-electron chi connectivity index (χ0n) is 11.8. The highest BCUT2D eigenvalue weighted by molar-refractivity contribution is 7.56. The van der Waals surface area contributed by atoms with Crippen molar-refractivity contribution in [3.63, 3.8) is 0 Å². The van der Waals surface area contributed by atoms with Crippen LogP contribution in [-0.2, 0) is 9.30 Å². The average molecular weight is 388 g/mol. The molecule has 1 aliphatic heterocycles. The van der Waals surface area contributed by atoms with E-state index in [1.165, 1.54) is 0 Å². The molecule has 2 rings (SSSR count). The van der Waals surface area contributed by atoms with Gasteiger partial charge in [-0.3, -0.25) is 9.13 Å². The SMILES string of the molecule is Nc1ccn([C@@H]2O[C@@](C=C(F)P(=O)(O)O)(CCl)[C@@H](O)[C@H]2F)c(=O)n1. The minimum absolute atomic E-state index is 0.138. The van der Waals surface area contributed by atoms with Gasteiger partial charge in [-0.2, -0.15) is 9.37 Å². The van der Waals surface area contributed by atoms with Gasteiger partial charge in [-0.25, -0.2) is 9.18 Å². The maximum Gasteiger partial charge on any atom is 0.384 e. The Morgan fingerprint density at radius 1 is 1.62 bits per heavy atom. The van der Waals surface area contributed by atoms with Gasteiger partial charge in [0.1, 0.15) is 17.5 Å². The fourth-order valence-corrected chi connectivity index (χ4v) is 2.85. The number of rotatable bonds is 4. The zero-order chi connectivity index (χ0) is 18.3. The van der Waals surface area contributed by atoms with Crippen LogP contribution in [0.25, 0.3) is 0 Å². The molecule has 13 heteroatoms. The van der Waals surface area contributed by atoms with Crippen molar-refractivity contribution in [2.24, 2.45) is 0 Å². The molecule has 0 aromatic carbocycles. The fraction of sp³-hybridized carbons (Fsp3) is 0.455. The van der Waals surface area contributed by atoms with Crippen LogP contribution >= 0.6 is 19.2 Å². The summed E-state index contributed by atoms with van der Waals surface area (Å²) in [5, 5.41) is 9.99. The van der Waals surface area contributed by atoms with E-state index < -0.39 is 48.8 Å². The first kappa shape index (κ1) is 19.0. The molecule has 9 nitrogen and oxygen atoms in total. The molecule has 1 saturated heterocycles. The summed E-state index contributed by atoms with van der Waals surface area (Å²) in [6, 6.07) is 1.16. The molecule has 0 amide bonds. The number of nitrogen functional groups attached to an aromatic ring is 1. The third-order valence-corrected chi connectivity index (χ3v) is 4.49. The Labute approximate surface area is 138 Å². The molecule has 0 bridgehead atoms. The number of halogens is 3. The lowest BCUT2D eigenvalue weighted by atomic mass is 9.98. The molecular formula is C11H13ClF2N3O6P. The first-order valence-corrected chi connectivity index (χ1v) is 8.51. The zero-order valence-corrected chi connectivity index (χ0v) is 13.4. The van der Waals surface area contributed by atoms with Gasteiger partial charge in [-0.05, 0) is 12.1 Å². The Morgan fingerprint density at radius 3 is 2.75 bits per heavy atom. The number of nitrogens with two attached hydrogens (primary N) is 1. The van der Waals surface area contributed by atoms with Gasteiger partial charge >= 0.3 is 13.3 Å². The van der Waals surface area contributed by atoms with Gasteiger partial charge in [0, 0.05) is 6.20 Å². The number of aliphatic hydroxyl groups excluding tert-OH is 1. The van der Waals surface area contributed by atoms with Crippen LogP contribution in [0.4, 0.5) is 14.6 Å². The van der Waals surface area contributed by atoms with Crippen LogP contribution in [0.1, 0.15) is 6.23 Å². The summed E-state index contributed by atoms with van der Waals surface area (Å²) in [6.45, 7) is 0. The number of ether oxygens (including phenoxy) is 1. The molecule has 0 spiro atoms. The summed E-state index contributed by atoms with van der Waals surface area (Å²) in [5.41, 5.74) is 0.0654. The van der Waals surface area contributed by atoms with E-state index in [0.717, 1.165) is 12.3 Å². The maximum atomic E-state index is 14.4. The van der Waals surface area contributed by atoms with Crippen LogP contribution in [0.5, 0.6) is 0 Å². The summed E-state index contributed by atoms with van der Waals surface area (Å²) in [7, 11) is -5.29. The van der Waals surface area contributed by atoms with E-state index in [-0.39, 0.29) is 11.9 Å². The molecule has 1 fully saturated rings. The minimum Gasteiger partial charge on any atom is -0.386 e. The summed E-state index contributed by atoms with van der Waals surface area (Å²) >= 11 is 5.60. The van der Waals surface area contributed by atoms with E-state index in [4.69, 9.17) is 31.9 Å². The van der Waals surface area contributed by atoms with Gasteiger partial charge in [0.15, 0.2) is 12.4 Å². The second-order valence-corrected chi connectivity index (χ2v) is 6.82. The Kier molecular flexibility index (Phi) is 5.14. The Hall–Kier alpha value is -1.36. The van der Waals surface area contributed by atoms with Gasteiger partial charge in [0.05, 0.1) is 5.88 Å². The van der Waals surface area contributed by atoms with Crippen LogP contribution < -0.4 is 11.4 Å². The van der Waals surface area contributed by atoms with Crippen molar-refractivity contribution >= 4 is 25.0 Å². The van der Waals surface area contributed by atoms with Gasteiger partial charge in [0.25, 0.3) is 0 Å². The Balaban J connectivity index is 2.48. The summed E-state index contributed by atoms with van der Waals surface area (Å²) in [5.74, 6) is -0.878. The predicted octanol–water partition coefficient (Wildman–Crippen LogP) is 0.0195. The second-order valence-electron chi connectivity index (χ2n) is 5.04. The lowest BCUT2D eigenvalue weighted by Gasteiger charge is -2.26. The number of aromatic nitrogens is 2. The molecule has 24 heavy (non-hydrogen) atoms. The van der Waals surface area contributed by atoms with Gasteiger partial charge in [-0.15, -0.1) is 11.6 Å². The second kappa shape index (κ2) is 6.51. The molecule has 0 saturated carbocycles. The van der Waals surface area contributed by atoms with Crippen molar-refractivity contribution in [3.05, 3.63) is 34.4 Å². The van der Waals surface area contributed by atoms with E-state index in [9.17, 15) is 23.2 Å². The lowest BCUT2D eigenvalue weighted by molar-refractivity contribution is -0.0616. The van der Waals surface area contributed by atoms with Crippen molar-refractivity contribution in [2.45, 2.75) is 24.1 Å². The number of aliphatic hydroxyl groups is 1. The lowest BCUT2D eigenvalue weighted by Crippen LogP contribution is -2.42. The summed E-state index contributed by atoms with van der Waals surface area (Å²) in [4.78, 5) is 32.7. The van der Waals surface area contributed by atoms with Crippen molar-refractivity contribution in [1.82, 2.24) is 9.55 Å². The molecule has 0 unspecified atom stereocenters. The van der Waals surface area contributed by atoms with E-state index in [2.05, 4.69) is 4.98 Å². The quantitative estimate of drug-likeness (QED) is 0.417. The first-order valence-electron chi connectivity index (χ1n) is 6.37. The number of hydrogen-bond acceptors (Lipinski definition) is 6. The molecule has 1 aliphatic rings. The molecule has 2 heterocycles. The largest absolute Gasteiger partial charge is 0.386 e. The van der Waals surface area contributed by atoms with Gasteiger partial charge < -0.3 is 25.4 Å². The Bertz CT molecular complexity index is 770. The number of hydrogen-bond donors (Lipinski definition) is 4. The van der Waals surface area contributed by atoms with Gasteiger partial charge in [-0.1, -0.05) is 0 Å². The maximum absolute atomic E-state index is 14.4. The van der Waals surface area contributed by atoms with Crippen LogP contribution in [0.15, 0.2) is 28.7 Å². The van der Waals surface area contributed by atoms with E-state index in [1.54, 1.807) is 0 Å². The molecule has 4 atom stereocenters. The molecule has 134 valence electrons. The molecule has 1 aromatic rings. The van der Waals surface area contributed by atoms with Crippen LogP contribution in [0, 0.1) is 0 Å². The van der Waals surface area contributed by atoms with Crippen molar-refractivity contribution in [3.8, 4) is 0 Å². The molecule has 0 radical (unpaired) electrons. The van der Waals surface area contributed by atoms with Crippen LogP contribution in [0.2, 0.25) is 0 Å². The first-order chi connectivity index (χ1) is 11.0. The summed E-state index contributed by atoms with van der Waals surface area (Å²) in [6.07, 6.45) is -4.84. The average Bonchev–Trinajstić information content (AvgIpc) is 2.72. The van der Waals surface area contributed by atoms with Crippen LogP contribution in [0.3, 0.4) is 0 Å². The number of anilines is 1. The predicted molar refractivity (Wildman–Crippen MR) is 78.6 cm³/mol. The third kappa shape index (κ3) is 3.37. The topological polar surface area (TPSA) is 148 Å². The minimum atomic E-state index is -5.29. The van der Waals surface area contributed by atoms with Crippen molar-refractivity contribution in [2.75, 3.05) is 11.6 Å². The van der Waals surface area contributed by atoms with Crippen LogP contribution in [-0.4, -0.2) is 48.2 Å². The molecule has 1 aromatic heterocycles. The highest BCUT2D eigenvalue weighted by atomic mass is 35.5. The molecule has 0 aliphatic carbocycles. The smallest absolute Gasteiger partial charge is 0.384 e. The van der Waals surface area contributed by atoms with E-state index >= 15 is 0 Å². The van der Waals surface area contributed by atoms with Gasteiger partial charge in [0.2, 0.25) is 5.57 Å². The molecule has 5 N–H and O–H groups in total. The summed E-state index contributed by atoms with van der Waals surface area (Å²) < 4.78 is 44.7. The number of alkyl halides is 2. The van der Waals surface area contributed by atoms with Crippen molar-refractivity contribution in [1.29, 1.82) is 0 Å². The number of nitrogens with zero attached hydrogens (tertiary/aromatic N) is 2. The highest BCUT2D eigenvalue weighted by Crippen LogP contribution is 2.49. The normalized spacial score (nSPS) is 31.4. The van der Waals surface area contributed by atoms with E-state index in [0.29, 0.717) is 4.57 Å². The highest BCUT2D eigenvalue weighted by Gasteiger charge is 2.55. The standard InChI is InChI=1S/C11H13ClF2N3O6P/c12-4-11(3-5(13)24(20,21)22)8(18)7(14)9(23-11)17-2-1-6(15)16-10(17)19/h1-3,7-9,18H,4H2,(H2,15,16,19)(H2,20,21,22)/t7-,8+,9-,11+/m1/s1. The monoisotopic (exact) mass is 387 g/mol. The van der Waals surface area contributed by atoms with E-state index in [1.807, 2.05) is 0 Å². The molecular weight excluding hydrogens is 375 g/mol. The fourth-order valence-electron chi connectivity index (χ4n) is 2.17. The van der Waals surface area contributed by atoms with Crippen molar-refractivity contribution < 1.29 is 33.0 Å². The third-order valence-electron chi connectivity index (χ3n) is 3.39.